The molecule has 3 aromatic heterocycles. The Balaban J connectivity index is 1.28. The van der Waals surface area contributed by atoms with Gasteiger partial charge in [0, 0.05) is 37.8 Å². The minimum absolute atomic E-state index is 0.0455. The summed E-state index contributed by atoms with van der Waals surface area (Å²) in [6.45, 7) is 5.11. The van der Waals surface area contributed by atoms with Crippen LogP contribution in [0, 0.1) is 5.92 Å². The van der Waals surface area contributed by atoms with E-state index < -0.39 is 29.2 Å². The second-order valence-corrected chi connectivity index (χ2v) is 12.1. The molecule has 3 aliphatic rings. The number of carbonyl (C=O) groups excluding carboxylic acids is 1. The van der Waals surface area contributed by atoms with Crippen LogP contribution in [0.4, 0.5) is 33.9 Å². The van der Waals surface area contributed by atoms with Gasteiger partial charge in [0.25, 0.3) is 0 Å². The van der Waals surface area contributed by atoms with Gasteiger partial charge in [-0.1, -0.05) is 0 Å². The van der Waals surface area contributed by atoms with Crippen molar-refractivity contribution in [1.29, 1.82) is 0 Å². The molecule has 2 saturated heterocycles. The van der Waals surface area contributed by atoms with E-state index in [9.17, 15) is 22.4 Å². The van der Waals surface area contributed by atoms with Gasteiger partial charge in [-0.3, -0.25) is 14.8 Å². The molecule has 9 nitrogen and oxygen atoms in total. The van der Waals surface area contributed by atoms with Crippen molar-refractivity contribution in [2.24, 2.45) is 5.92 Å². The first-order valence-electron chi connectivity index (χ1n) is 13.2. The lowest BCUT2D eigenvalue weighted by Crippen LogP contribution is -2.53. The summed E-state index contributed by atoms with van der Waals surface area (Å²) in [6, 6.07) is 1.41. The Labute approximate surface area is 222 Å². The SMILES string of the molecule is CC(C)(F)Cn1nc(N2CC(C(F)F)C2)c2cnc(-c3[nH]ncc3NC(=O)N3CCC(C)(F)CC34CC4)cc21. The molecule has 210 valence electrons. The van der Waals surface area contributed by atoms with Crippen molar-refractivity contribution in [1.82, 2.24) is 29.9 Å². The number of pyridine rings is 1. The predicted octanol–water partition coefficient (Wildman–Crippen LogP) is 5.16. The second-order valence-electron chi connectivity index (χ2n) is 12.1. The van der Waals surface area contributed by atoms with Crippen LogP contribution in [0.2, 0.25) is 0 Å². The largest absolute Gasteiger partial charge is 0.353 e. The van der Waals surface area contributed by atoms with Crippen molar-refractivity contribution in [3.8, 4) is 11.4 Å². The van der Waals surface area contributed by atoms with Crippen LogP contribution in [0.5, 0.6) is 0 Å². The number of alkyl halides is 4. The van der Waals surface area contributed by atoms with Gasteiger partial charge in [-0.05, 0) is 46.1 Å². The predicted molar refractivity (Wildman–Crippen MR) is 138 cm³/mol. The quantitative estimate of drug-likeness (QED) is 0.415. The number of carbonyl (C=O) groups is 1. The number of rotatable bonds is 6. The number of nitrogens with one attached hydrogen (secondary N) is 2. The highest BCUT2D eigenvalue weighted by Crippen LogP contribution is 2.52. The molecule has 5 heterocycles. The molecule has 2 aliphatic heterocycles. The van der Waals surface area contributed by atoms with E-state index in [0.717, 1.165) is 12.8 Å². The molecular formula is C26H32F4N8O. The highest BCUT2D eigenvalue weighted by molar-refractivity contribution is 5.96. The maximum absolute atomic E-state index is 14.7. The Hall–Kier alpha value is -3.38. The Morgan fingerprint density at radius 2 is 2.00 bits per heavy atom. The summed E-state index contributed by atoms with van der Waals surface area (Å²) < 4.78 is 57.0. The van der Waals surface area contributed by atoms with E-state index in [4.69, 9.17) is 0 Å². The topological polar surface area (TPSA) is 95.0 Å². The molecule has 39 heavy (non-hydrogen) atoms. The Kier molecular flexibility index (Phi) is 5.85. The summed E-state index contributed by atoms with van der Waals surface area (Å²) in [5, 5.41) is 15.1. The van der Waals surface area contributed by atoms with Crippen molar-refractivity contribution >= 4 is 28.4 Å². The molecule has 1 aliphatic carbocycles. The molecule has 0 aromatic carbocycles. The molecule has 3 aromatic rings. The van der Waals surface area contributed by atoms with Gasteiger partial charge in [0.2, 0.25) is 6.43 Å². The number of likely N-dealkylation sites (tertiary alicyclic amines) is 1. The van der Waals surface area contributed by atoms with Gasteiger partial charge in [0.05, 0.1) is 40.9 Å². The van der Waals surface area contributed by atoms with Gasteiger partial charge in [0.15, 0.2) is 5.82 Å². The summed E-state index contributed by atoms with van der Waals surface area (Å²) in [6.07, 6.45) is 2.84. The number of piperidine rings is 1. The number of fused-ring (bicyclic) bond motifs is 1. The molecule has 1 unspecified atom stereocenters. The lowest BCUT2D eigenvalue weighted by atomic mass is 9.88. The van der Waals surface area contributed by atoms with Crippen molar-refractivity contribution in [3.05, 3.63) is 18.5 Å². The van der Waals surface area contributed by atoms with Crippen molar-refractivity contribution in [2.45, 2.75) is 76.3 Å². The van der Waals surface area contributed by atoms with Gasteiger partial charge in [-0.15, -0.1) is 0 Å². The molecule has 1 spiro atoms. The van der Waals surface area contributed by atoms with Crippen LogP contribution in [0.25, 0.3) is 22.3 Å². The van der Waals surface area contributed by atoms with Crippen LogP contribution < -0.4 is 10.2 Å². The van der Waals surface area contributed by atoms with Crippen LogP contribution >= 0.6 is 0 Å². The van der Waals surface area contributed by atoms with Crippen LogP contribution in [0.1, 0.15) is 46.5 Å². The van der Waals surface area contributed by atoms with Gasteiger partial charge in [-0.2, -0.15) is 10.2 Å². The van der Waals surface area contributed by atoms with Gasteiger partial charge < -0.3 is 15.1 Å². The number of nitrogens with zero attached hydrogens (tertiary/aromatic N) is 6. The minimum Gasteiger partial charge on any atom is -0.353 e. The van der Waals surface area contributed by atoms with Crippen LogP contribution in [0.3, 0.4) is 0 Å². The fraction of sp³-hybridized carbons (Fsp3) is 0.615. The molecule has 0 bridgehead atoms. The average Bonchev–Trinajstić information content (AvgIpc) is 3.24. The molecule has 3 fully saturated rings. The van der Waals surface area contributed by atoms with E-state index in [-0.39, 0.29) is 32.1 Å². The first kappa shape index (κ1) is 25.9. The number of aromatic amines is 1. The third-order valence-corrected chi connectivity index (χ3v) is 8.04. The van der Waals surface area contributed by atoms with E-state index in [1.165, 1.54) is 24.7 Å². The zero-order chi connectivity index (χ0) is 27.7. The number of halogens is 4. The highest BCUT2D eigenvalue weighted by atomic mass is 19.3. The third kappa shape index (κ3) is 4.80. The summed E-state index contributed by atoms with van der Waals surface area (Å²) in [5.74, 6) is -0.234. The summed E-state index contributed by atoms with van der Waals surface area (Å²) in [5.41, 5.74) is -1.38. The molecular weight excluding hydrogens is 516 g/mol. The van der Waals surface area contributed by atoms with E-state index in [1.54, 1.807) is 29.0 Å². The van der Waals surface area contributed by atoms with Crippen LogP contribution in [-0.4, -0.2) is 78.8 Å². The third-order valence-electron chi connectivity index (χ3n) is 8.04. The number of aromatic nitrogens is 5. The van der Waals surface area contributed by atoms with Gasteiger partial charge in [-0.25, -0.2) is 22.4 Å². The Bertz CT molecular complexity index is 1400. The summed E-state index contributed by atoms with van der Waals surface area (Å²) in [7, 11) is 0. The fourth-order valence-electron chi connectivity index (χ4n) is 5.86. The lowest BCUT2D eigenvalue weighted by Gasteiger charge is -2.41. The number of amides is 2. The zero-order valence-electron chi connectivity index (χ0n) is 22.1. The Morgan fingerprint density at radius 1 is 1.26 bits per heavy atom. The zero-order valence-corrected chi connectivity index (χ0v) is 22.1. The van der Waals surface area contributed by atoms with E-state index in [2.05, 4.69) is 25.6 Å². The molecule has 13 heteroatoms. The molecule has 6 rings (SSSR count). The maximum atomic E-state index is 14.7. The summed E-state index contributed by atoms with van der Waals surface area (Å²) in [4.78, 5) is 21.3. The Morgan fingerprint density at radius 3 is 2.67 bits per heavy atom. The van der Waals surface area contributed by atoms with Crippen LogP contribution in [-0.2, 0) is 6.54 Å². The molecule has 0 radical (unpaired) electrons. The molecule has 1 atom stereocenters. The smallest absolute Gasteiger partial charge is 0.322 e. The number of hydrogen-bond acceptors (Lipinski definition) is 5. The fourth-order valence-corrected chi connectivity index (χ4v) is 5.86. The number of urea groups is 1. The lowest BCUT2D eigenvalue weighted by molar-refractivity contribution is 0.0418. The van der Waals surface area contributed by atoms with Crippen LogP contribution in [0.15, 0.2) is 18.5 Å². The maximum Gasteiger partial charge on any atom is 0.322 e. The average molecular weight is 549 g/mol. The first-order chi connectivity index (χ1) is 18.3. The second kappa shape index (κ2) is 8.82. The van der Waals surface area contributed by atoms with E-state index >= 15 is 0 Å². The number of H-pyrrole nitrogens is 1. The van der Waals surface area contributed by atoms with Gasteiger partial charge in [0.1, 0.15) is 17.0 Å². The number of hydrogen-bond donors (Lipinski definition) is 2. The van der Waals surface area contributed by atoms with E-state index in [0.29, 0.717) is 46.8 Å². The molecule has 2 amide bonds. The summed E-state index contributed by atoms with van der Waals surface area (Å²) >= 11 is 0. The van der Waals surface area contributed by atoms with E-state index in [1.807, 2.05) is 0 Å². The van der Waals surface area contributed by atoms with Crippen molar-refractivity contribution < 1.29 is 22.4 Å². The first-order valence-corrected chi connectivity index (χ1v) is 13.2. The normalized spacial score (nSPS) is 23.1. The van der Waals surface area contributed by atoms with Crippen molar-refractivity contribution in [3.63, 3.8) is 0 Å². The monoisotopic (exact) mass is 548 g/mol. The standard InChI is InChI=1S/C26H32F4N8O/c1-24(2,29)14-38-19-8-17(31-9-16(19)22(35-38)36-11-15(12-36)21(27)28)20-18(10-32-34-20)33-23(39)37-7-6-25(3,30)13-26(37)4-5-26/h8-10,15,21H,4-7,11-14H2,1-3H3,(H,32,34)(H,33,39). The molecule has 1 saturated carbocycles. The molecule has 2 N–H and O–H groups in total. The minimum atomic E-state index is -2.40. The number of anilines is 2. The highest BCUT2D eigenvalue weighted by Gasteiger charge is 2.56. The van der Waals surface area contributed by atoms with Crippen molar-refractivity contribution in [2.75, 3.05) is 29.9 Å². The van der Waals surface area contributed by atoms with Gasteiger partial charge >= 0.3 is 6.03 Å².